The number of hydrogen-bond donors (Lipinski definition) is 2. The number of carbonyl (C=O) groups excluding carboxylic acids is 2. The van der Waals surface area contributed by atoms with Crippen LogP contribution in [0, 0.1) is 0 Å². The van der Waals surface area contributed by atoms with Crippen molar-refractivity contribution in [3.63, 3.8) is 0 Å². The summed E-state index contributed by atoms with van der Waals surface area (Å²) in [5, 5.41) is 12.6. The number of fused-ring (bicyclic) bond motifs is 1. The van der Waals surface area contributed by atoms with E-state index in [0.29, 0.717) is 11.4 Å². The molecule has 0 fully saturated rings. The molecule has 1 aromatic heterocycles. The third-order valence-corrected chi connectivity index (χ3v) is 6.14. The van der Waals surface area contributed by atoms with Crippen molar-refractivity contribution >= 4 is 39.2 Å². The number of amides is 1. The van der Waals surface area contributed by atoms with Crippen LogP contribution in [0.15, 0.2) is 66.7 Å². The maximum absolute atomic E-state index is 12.4. The van der Waals surface area contributed by atoms with E-state index in [0.717, 1.165) is 32.5 Å². The zero-order valence-corrected chi connectivity index (χ0v) is 18.8. The first kappa shape index (κ1) is 22.4. The predicted octanol–water partition coefficient (Wildman–Crippen LogP) is 4.65. The number of rotatable bonds is 8. The number of carboxylic acids is 1. The van der Waals surface area contributed by atoms with E-state index in [2.05, 4.69) is 16.4 Å². The van der Waals surface area contributed by atoms with Gasteiger partial charge in [0.1, 0.15) is 10.8 Å². The van der Waals surface area contributed by atoms with Crippen LogP contribution in [0.2, 0.25) is 0 Å². The molecular weight excluding hydrogens is 436 g/mol. The lowest BCUT2D eigenvalue weighted by Gasteiger charge is -2.05. The van der Waals surface area contributed by atoms with Gasteiger partial charge in [-0.15, -0.1) is 11.3 Å². The number of thiazole rings is 1. The van der Waals surface area contributed by atoms with E-state index in [9.17, 15) is 14.4 Å². The van der Waals surface area contributed by atoms with E-state index in [4.69, 9.17) is 5.11 Å². The highest BCUT2D eigenvalue weighted by atomic mass is 32.1. The lowest BCUT2D eigenvalue weighted by atomic mass is 10.0. The lowest BCUT2D eigenvalue weighted by molar-refractivity contribution is -0.120. The number of carboxylic acid groups (broad SMARTS) is 1. The van der Waals surface area contributed by atoms with Gasteiger partial charge in [-0.1, -0.05) is 42.5 Å². The van der Waals surface area contributed by atoms with E-state index < -0.39 is 5.97 Å². The van der Waals surface area contributed by atoms with Crippen molar-refractivity contribution in [3.05, 3.63) is 88.4 Å². The summed E-state index contributed by atoms with van der Waals surface area (Å²) in [5.41, 5.74) is 4.80. The molecular formula is C26H22N2O4S. The van der Waals surface area contributed by atoms with Crippen LogP contribution in [0.4, 0.5) is 0 Å². The topological polar surface area (TPSA) is 96.4 Å². The average molecular weight is 459 g/mol. The number of Topliss-reactive ketones (excluding diaryl/α,β-unsaturated/α-hetero) is 1. The summed E-state index contributed by atoms with van der Waals surface area (Å²) in [6.07, 6.45) is 0.567. The third kappa shape index (κ3) is 5.70. The molecule has 0 saturated carbocycles. The summed E-state index contributed by atoms with van der Waals surface area (Å²) in [5.74, 6) is -1.04. The summed E-state index contributed by atoms with van der Waals surface area (Å²) >= 11 is 1.47. The molecule has 1 heterocycles. The van der Waals surface area contributed by atoms with Gasteiger partial charge in [0.15, 0.2) is 0 Å². The minimum atomic E-state index is -0.998. The van der Waals surface area contributed by atoms with Crippen LogP contribution < -0.4 is 5.32 Å². The maximum Gasteiger partial charge on any atom is 0.335 e. The van der Waals surface area contributed by atoms with Gasteiger partial charge in [0.25, 0.3) is 0 Å². The quantitative estimate of drug-likeness (QED) is 0.401. The summed E-state index contributed by atoms with van der Waals surface area (Å²) < 4.78 is 0.987. The largest absolute Gasteiger partial charge is 0.478 e. The van der Waals surface area contributed by atoms with Crippen LogP contribution in [0.5, 0.6) is 0 Å². The number of aromatic carboxylic acids is 1. The summed E-state index contributed by atoms with van der Waals surface area (Å²) in [6, 6.07) is 20.4. The second kappa shape index (κ2) is 9.75. The van der Waals surface area contributed by atoms with Crippen molar-refractivity contribution in [2.24, 2.45) is 0 Å². The Morgan fingerprint density at radius 1 is 0.909 bits per heavy atom. The normalized spacial score (nSPS) is 10.8. The van der Waals surface area contributed by atoms with Gasteiger partial charge >= 0.3 is 5.97 Å². The summed E-state index contributed by atoms with van der Waals surface area (Å²) in [7, 11) is 0. The van der Waals surface area contributed by atoms with Crippen molar-refractivity contribution in [1.29, 1.82) is 0 Å². The number of nitrogens with zero attached hydrogens (tertiary/aromatic N) is 1. The standard InChI is InChI=1S/C26H22N2O4S/c1-16(29)10-17-4-2-6-19(11-17)20-8-9-22-23(13-20)33-25(28-22)14-24(30)27-15-18-5-3-7-21(12-18)26(31)32/h2-9,11-13H,10,14-15H2,1H3,(H,27,30)(H,31,32). The van der Waals surface area contributed by atoms with Gasteiger partial charge in [0.2, 0.25) is 5.91 Å². The Labute approximate surface area is 194 Å². The Hall–Kier alpha value is -3.84. The van der Waals surface area contributed by atoms with E-state index in [1.807, 2.05) is 36.4 Å². The molecule has 0 aliphatic rings. The molecule has 0 bridgehead atoms. The number of nitrogens with one attached hydrogen (secondary N) is 1. The minimum Gasteiger partial charge on any atom is -0.478 e. The first-order valence-electron chi connectivity index (χ1n) is 10.4. The minimum absolute atomic E-state index is 0.127. The van der Waals surface area contributed by atoms with E-state index in [-0.39, 0.29) is 30.2 Å². The average Bonchev–Trinajstić information content (AvgIpc) is 3.19. The number of hydrogen-bond acceptors (Lipinski definition) is 5. The molecule has 2 N–H and O–H groups in total. The third-order valence-electron chi connectivity index (χ3n) is 5.12. The van der Waals surface area contributed by atoms with Crippen molar-refractivity contribution in [3.8, 4) is 11.1 Å². The Kier molecular flexibility index (Phi) is 6.60. The van der Waals surface area contributed by atoms with Crippen LogP contribution in [0.25, 0.3) is 21.3 Å². The molecule has 3 aromatic carbocycles. The number of carbonyl (C=O) groups is 3. The SMILES string of the molecule is CC(=O)Cc1cccc(-c2ccc3nc(CC(=O)NCc4cccc(C(=O)O)c4)sc3c2)c1. The van der Waals surface area contributed by atoms with Crippen LogP contribution in [-0.4, -0.2) is 27.8 Å². The molecule has 0 aliphatic heterocycles. The number of aromatic nitrogens is 1. The zero-order valence-electron chi connectivity index (χ0n) is 18.0. The van der Waals surface area contributed by atoms with Gasteiger partial charge in [0, 0.05) is 13.0 Å². The molecule has 0 saturated heterocycles. The second-order valence-corrected chi connectivity index (χ2v) is 8.94. The Morgan fingerprint density at radius 3 is 2.45 bits per heavy atom. The van der Waals surface area contributed by atoms with Crippen LogP contribution in [-0.2, 0) is 29.0 Å². The number of benzene rings is 3. The fourth-order valence-electron chi connectivity index (χ4n) is 3.59. The smallest absolute Gasteiger partial charge is 0.335 e. The van der Waals surface area contributed by atoms with Gasteiger partial charge in [-0.3, -0.25) is 9.59 Å². The molecule has 0 atom stereocenters. The Balaban J connectivity index is 1.44. The summed E-state index contributed by atoms with van der Waals surface area (Å²) in [6.45, 7) is 1.84. The van der Waals surface area contributed by atoms with E-state index in [1.54, 1.807) is 25.1 Å². The molecule has 0 unspecified atom stereocenters. The molecule has 6 nitrogen and oxygen atoms in total. The fourth-order valence-corrected chi connectivity index (χ4v) is 4.60. The van der Waals surface area contributed by atoms with Crippen molar-refractivity contribution < 1.29 is 19.5 Å². The van der Waals surface area contributed by atoms with Gasteiger partial charge in [0.05, 0.1) is 22.2 Å². The highest BCUT2D eigenvalue weighted by Gasteiger charge is 2.11. The molecule has 0 spiro atoms. The molecule has 4 aromatic rings. The molecule has 1 amide bonds. The molecule has 7 heteroatoms. The van der Waals surface area contributed by atoms with Crippen LogP contribution in [0.3, 0.4) is 0 Å². The van der Waals surface area contributed by atoms with Crippen LogP contribution >= 0.6 is 11.3 Å². The lowest BCUT2D eigenvalue weighted by Crippen LogP contribution is -2.24. The zero-order chi connectivity index (χ0) is 23.4. The predicted molar refractivity (Wildman–Crippen MR) is 128 cm³/mol. The first-order valence-corrected chi connectivity index (χ1v) is 11.3. The monoisotopic (exact) mass is 458 g/mol. The highest BCUT2D eigenvalue weighted by Crippen LogP contribution is 2.29. The van der Waals surface area contributed by atoms with Gasteiger partial charge in [-0.05, 0) is 53.4 Å². The van der Waals surface area contributed by atoms with Crippen molar-refractivity contribution in [2.45, 2.75) is 26.3 Å². The Morgan fingerprint density at radius 2 is 1.67 bits per heavy atom. The van der Waals surface area contributed by atoms with Gasteiger partial charge < -0.3 is 10.4 Å². The van der Waals surface area contributed by atoms with Crippen molar-refractivity contribution in [1.82, 2.24) is 10.3 Å². The van der Waals surface area contributed by atoms with Gasteiger partial charge in [-0.2, -0.15) is 0 Å². The molecule has 4 rings (SSSR count). The second-order valence-electron chi connectivity index (χ2n) is 7.83. The molecule has 0 aliphatic carbocycles. The number of ketones is 1. The van der Waals surface area contributed by atoms with Crippen LogP contribution in [0.1, 0.15) is 33.4 Å². The Bertz CT molecular complexity index is 1360. The summed E-state index contributed by atoms with van der Waals surface area (Å²) in [4.78, 5) is 39.5. The molecule has 166 valence electrons. The fraction of sp³-hybridized carbons (Fsp3) is 0.154. The molecule has 0 radical (unpaired) electrons. The van der Waals surface area contributed by atoms with E-state index >= 15 is 0 Å². The first-order chi connectivity index (χ1) is 15.9. The highest BCUT2D eigenvalue weighted by molar-refractivity contribution is 7.18. The maximum atomic E-state index is 12.4. The molecule has 33 heavy (non-hydrogen) atoms. The van der Waals surface area contributed by atoms with Gasteiger partial charge in [-0.25, -0.2) is 9.78 Å². The van der Waals surface area contributed by atoms with E-state index in [1.165, 1.54) is 17.4 Å². The van der Waals surface area contributed by atoms with Crippen molar-refractivity contribution in [2.75, 3.05) is 0 Å².